The Morgan fingerprint density at radius 2 is 2.21 bits per heavy atom. The van der Waals surface area contributed by atoms with Crippen LogP contribution in [0.15, 0.2) is 76.2 Å². The van der Waals surface area contributed by atoms with Crippen LogP contribution in [-0.2, 0) is 11.3 Å². The molecule has 3 aromatic heterocycles. The summed E-state index contributed by atoms with van der Waals surface area (Å²) in [6.07, 6.45) is 6.22. The van der Waals surface area contributed by atoms with Gasteiger partial charge in [0.2, 0.25) is 12.1 Å². The van der Waals surface area contributed by atoms with Crippen molar-refractivity contribution >= 4 is 34.0 Å². The molecule has 1 atom stereocenters. The van der Waals surface area contributed by atoms with E-state index < -0.39 is 23.5 Å². The molecule has 8 nitrogen and oxygen atoms in total. The molecule has 2 N–H and O–H groups in total. The third-order valence-corrected chi connectivity index (χ3v) is 6.66. The van der Waals surface area contributed by atoms with E-state index >= 15 is 0 Å². The molecule has 0 bridgehead atoms. The van der Waals surface area contributed by atoms with E-state index in [2.05, 4.69) is 4.98 Å². The number of aromatic nitrogens is 2. The first kappa shape index (κ1) is 21.0. The second-order valence-corrected chi connectivity index (χ2v) is 8.68. The highest BCUT2D eigenvalue weighted by Gasteiger charge is 2.44. The van der Waals surface area contributed by atoms with Crippen molar-refractivity contribution in [1.29, 1.82) is 0 Å². The maximum atomic E-state index is 13.5. The van der Waals surface area contributed by atoms with Crippen molar-refractivity contribution in [1.82, 2.24) is 9.88 Å². The number of fused-ring (bicyclic) bond motifs is 1. The van der Waals surface area contributed by atoms with Crippen LogP contribution in [0.2, 0.25) is 0 Å². The largest absolute Gasteiger partial charge is 0.503 e. The lowest BCUT2D eigenvalue weighted by Gasteiger charge is -2.25. The number of hydrogen-bond acceptors (Lipinski definition) is 6. The Hall–Kier alpha value is -3.85. The van der Waals surface area contributed by atoms with Gasteiger partial charge in [0.15, 0.2) is 22.9 Å². The average molecular weight is 465 g/mol. The number of aliphatic hydroxyl groups excluding tert-OH is 1. The SMILES string of the molecule is COc1cccc2cc(C(=O)C3=C(O)C(=O)N(CCC[n+]4cc[nH]c4)C3c3cccs3)oc12. The van der Waals surface area contributed by atoms with E-state index in [1.165, 1.54) is 18.4 Å². The number of para-hydroxylation sites is 1. The zero-order valence-corrected chi connectivity index (χ0v) is 18.7. The lowest BCUT2D eigenvalue weighted by molar-refractivity contribution is -0.695. The van der Waals surface area contributed by atoms with Crippen LogP contribution in [0.5, 0.6) is 5.75 Å². The minimum Gasteiger partial charge on any atom is -0.503 e. The fourth-order valence-electron chi connectivity index (χ4n) is 4.18. The summed E-state index contributed by atoms with van der Waals surface area (Å²) < 4.78 is 13.1. The van der Waals surface area contributed by atoms with Gasteiger partial charge in [0, 0.05) is 23.2 Å². The fourth-order valence-corrected chi connectivity index (χ4v) is 5.03. The van der Waals surface area contributed by atoms with Gasteiger partial charge in [0.1, 0.15) is 12.4 Å². The maximum Gasteiger partial charge on any atom is 0.290 e. The van der Waals surface area contributed by atoms with E-state index in [4.69, 9.17) is 9.15 Å². The molecule has 5 rings (SSSR count). The number of methoxy groups -OCH3 is 1. The number of aromatic amines is 1. The molecule has 4 aromatic rings. The third-order valence-electron chi connectivity index (χ3n) is 5.73. The second kappa shape index (κ2) is 8.59. The number of Topliss-reactive ketones (excluding diaryl/α,β-unsaturated/α-hetero) is 1. The number of hydrogen-bond donors (Lipinski definition) is 2. The Balaban J connectivity index is 1.48. The molecule has 1 aliphatic rings. The van der Waals surface area contributed by atoms with Crippen LogP contribution in [0.3, 0.4) is 0 Å². The van der Waals surface area contributed by atoms with Gasteiger partial charge in [-0.2, -0.15) is 0 Å². The molecule has 4 heterocycles. The number of nitrogens with one attached hydrogen (secondary N) is 1. The van der Waals surface area contributed by atoms with E-state index in [9.17, 15) is 14.7 Å². The van der Waals surface area contributed by atoms with E-state index in [-0.39, 0.29) is 11.3 Å². The number of thiophene rings is 1. The first-order chi connectivity index (χ1) is 16.1. The molecule has 0 fully saturated rings. The summed E-state index contributed by atoms with van der Waals surface area (Å²) in [5, 5.41) is 13.4. The van der Waals surface area contributed by atoms with Crippen LogP contribution < -0.4 is 9.30 Å². The highest BCUT2D eigenvalue weighted by molar-refractivity contribution is 7.10. The van der Waals surface area contributed by atoms with Crippen molar-refractivity contribution in [3.63, 3.8) is 0 Å². The number of benzene rings is 1. The molecule has 0 spiro atoms. The number of carbonyl (C=O) groups is 2. The molecular formula is C24H22N3O5S+. The molecule has 1 aromatic carbocycles. The van der Waals surface area contributed by atoms with Gasteiger partial charge < -0.3 is 19.2 Å². The topological polar surface area (TPSA) is 99.6 Å². The Labute approximate surface area is 193 Å². The molecular weight excluding hydrogens is 442 g/mol. The molecule has 0 aliphatic carbocycles. The van der Waals surface area contributed by atoms with Gasteiger partial charge in [-0.3, -0.25) is 14.6 Å². The van der Waals surface area contributed by atoms with Gasteiger partial charge in [-0.1, -0.05) is 18.2 Å². The summed E-state index contributed by atoms with van der Waals surface area (Å²) in [6.45, 7) is 1.08. The van der Waals surface area contributed by atoms with Crippen molar-refractivity contribution in [2.24, 2.45) is 0 Å². The predicted molar refractivity (Wildman–Crippen MR) is 121 cm³/mol. The van der Waals surface area contributed by atoms with Crippen LogP contribution in [0.1, 0.15) is 27.9 Å². The Bertz CT molecular complexity index is 1340. The number of aryl methyl sites for hydroxylation is 1. The summed E-state index contributed by atoms with van der Waals surface area (Å²) in [5.41, 5.74) is 0.482. The minimum absolute atomic E-state index is 0.0368. The van der Waals surface area contributed by atoms with Gasteiger partial charge in [-0.05, 0) is 23.6 Å². The predicted octanol–water partition coefficient (Wildman–Crippen LogP) is 3.79. The normalized spacial score (nSPS) is 16.2. The Morgan fingerprint density at radius 3 is 2.94 bits per heavy atom. The smallest absolute Gasteiger partial charge is 0.290 e. The molecule has 0 radical (unpaired) electrons. The van der Waals surface area contributed by atoms with Gasteiger partial charge in [-0.15, -0.1) is 11.3 Å². The summed E-state index contributed by atoms with van der Waals surface area (Å²) in [5.74, 6) is -1.04. The number of rotatable bonds is 8. The molecule has 1 aliphatic heterocycles. The molecule has 1 amide bonds. The van der Waals surface area contributed by atoms with Gasteiger partial charge >= 0.3 is 0 Å². The van der Waals surface area contributed by atoms with Crippen molar-refractivity contribution in [2.45, 2.75) is 19.0 Å². The van der Waals surface area contributed by atoms with Gasteiger partial charge in [-0.25, -0.2) is 4.57 Å². The molecule has 168 valence electrons. The first-order valence-corrected chi connectivity index (χ1v) is 11.4. The highest BCUT2D eigenvalue weighted by atomic mass is 32.1. The monoisotopic (exact) mass is 464 g/mol. The number of H-pyrrole nitrogens is 1. The zero-order valence-electron chi connectivity index (χ0n) is 17.9. The van der Waals surface area contributed by atoms with Crippen molar-refractivity contribution < 1.29 is 28.4 Å². The number of ketones is 1. The molecule has 0 saturated heterocycles. The van der Waals surface area contributed by atoms with Crippen molar-refractivity contribution in [3.8, 4) is 5.75 Å². The Morgan fingerprint density at radius 1 is 1.33 bits per heavy atom. The maximum absolute atomic E-state index is 13.5. The number of amides is 1. The number of furan rings is 1. The summed E-state index contributed by atoms with van der Waals surface area (Å²) >= 11 is 1.43. The van der Waals surface area contributed by atoms with Crippen LogP contribution in [0.25, 0.3) is 11.0 Å². The summed E-state index contributed by atoms with van der Waals surface area (Å²) in [4.78, 5) is 31.9. The number of ether oxygens (including phenoxy) is 1. The number of aliphatic hydroxyl groups is 1. The van der Waals surface area contributed by atoms with E-state index in [1.54, 1.807) is 23.1 Å². The lowest BCUT2D eigenvalue weighted by atomic mass is 10.00. The van der Waals surface area contributed by atoms with E-state index in [1.807, 2.05) is 46.9 Å². The van der Waals surface area contributed by atoms with Crippen LogP contribution in [0, 0.1) is 0 Å². The second-order valence-electron chi connectivity index (χ2n) is 7.70. The van der Waals surface area contributed by atoms with Crippen LogP contribution >= 0.6 is 11.3 Å². The first-order valence-electron chi connectivity index (χ1n) is 10.5. The Kier molecular flexibility index (Phi) is 5.47. The molecule has 1 unspecified atom stereocenters. The third kappa shape index (κ3) is 3.70. The number of carbonyl (C=O) groups excluding carboxylic acids is 2. The highest BCUT2D eigenvalue weighted by Crippen LogP contribution is 2.41. The van der Waals surface area contributed by atoms with Crippen molar-refractivity contribution in [2.75, 3.05) is 13.7 Å². The molecule has 33 heavy (non-hydrogen) atoms. The minimum atomic E-state index is -0.670. The number of imidazole rings is 1. The standard InChI is InChI=1S/C24H21N3O5S/c1-31-16-6-2-5-15-13-17(32-23(15)16)21(28)19-20(18-7-3-12-33-18)27(24(30)22(19)29)10-4-9-26-11-8-25-14-26/h2-3,5-8,11-14,20H,4,9-10H2,1H3,(H,28,29)/p+1. The van der Waals surface area contributed by atoms with Gasteiger partial charge in [0.05, 0.1) is 25.3 Å². The number of nitrogens with zero attached hydrogens (tertiary/aromatic N) is 2. The van der Waals surface area contributed by atoms with E-state index in [0.29, 0.717) is 36.2 Å². The summed E-state index contributed by atoms with van der Waals surface area (Å²) in [6, 6.07) is 10.0. The zero-order chi connectivity index (χ0) is 22.9. The lowest BCUT2D eigenvalue weighted by Crippen LogP contribution is -2.36. The van der Waals surface area contributed by atoms with Crippen LogP contribution in [0.4, 0.5) is 0 Å². The van der Waals surface area contributed by atoms with Crippen molar-refractivity contribution in [3.05, 3.63) is 82.5 Å². The summed E-state index contributed by atoms with van der Waals surface area (Å²) in [7, 11) is 1.53. The van der Waals surface area contributed by atoms with E-state index in [0.717, 1.165) is 4.88 Å². The average Bonchev–Trinajstić information content (AvgIpc) is 3.62. The quantitative estimate of drug-likeness (QED) is 0.305. The van der Waals surface area contributed by atoms with Gasteiger partial charge in [0.25, 0.3) is 5.91 Å². The van der Waals surface area contributed by atoms with Crippen LogP contribution in [-0.4, -0.2) is 40.3 Å². The fraction of sp³-hybridized carbons (Fsp3) is 0.208. The molecule has 9 heteroatoms. The molecule has 0 saturated carbocycles.